The van der Waals surface area contributed by atoms with Crippen molar-refractivity contribution in [2.75, 3.05) is 17.4 Å². The van der Waals surface area contributed by atoms with Gasteiger partial charge >= 0.3 is 0 Å². The van der Waals surface area contributed by atoms with Gasteiger partial charge in [-0.15, -0.1) is 0 Å². The molecule has 1 aliphatic heterocycles. The number of nitrogens with one attached hydrogen (secondary N) is 2. The Kier molecular flexibility index (Phi) is 3.82. The largest absolute Gasteiger partial charge is 0.454 e. The minimum Gasteiger partial charge on any atom is -0.454 e. The number of carbonyl (C=O) groups excluding carboxylic acids is 1. The van der Waals surface area contributed by atoms with E-state index in [2.05, 4.69) is 36.4 Å². The lowest BCUT2D eigenvalue weighted by Crippen LogP contribution is -2.26. The maximum atomic E-state index is 12.3. The molecule has 0 unspecified atom stereocenters. The van der Waals surface area contributed by atoms with Gasteiger partial charge in [-0.3, -0.25) is 4.79 Å². The number of hydrogen-bond acceptors (Lipinski definition) is 5. The zero-order valence-electron chi connectivity index (χ0n) is 13.3. The summed E-state index contributed by atoms with van der Waals surface area (Å²) in [5.74, 6) is 1.48. The Morgan fingerprint density at radius 2 is 1.91 bits per heavy atom. The normalized spacial score (nSPS) is 12.8. The lowest BCUT2D eigenvalue weighted by atomic mass is 10.1. The number of ether oxygens (including phenoxy) is 2. The Morgan fingerprint density at radius 3 is 2.61 bits per heavy atom. The summed E-state index contributed by atoms with van der Waals surface area (Å²) in [6, 6.07) is 8.72. The molecule has 0 bridgehead atoms. The highest BCUT2D eigenvalue weighted by molar-refractivity contribution is 6.04. The molecule has 0 fully saturated rings. The van der Waals surface area contributed by atoms with Gasteiger partial charge in [-0.1, -0.05) is 0 Å². The number of benzene rings is 1. The highest BCUT2D eigenvalue weighted by Gasteiger charge is 2.16. The van der Waals surface area contributed by atoms with Gasteiger partial charge in [-0.05, 0) is 51.1 Å². The number of nitrogens with zero attached hydrogens (tertiary/aromatic N) is 1. The minimum absolute atomic E-state index is 0.0427. The quantitative estimate of drug-likeness (QED) is 0.910. The van der Waals surface area contributed by atoms with Crippen LogP contribution in [0.2, 0.25) is 0 Å². The predicted molar refractivity (Wildman–Crippen MR) is 88.1 cm³/mol. The number of carbonyl (C=O) groups is 1. The molecule has 0 aliphatic carbocycles. The van der Waals surface area contributed by atoms with Gasteiger partial charge in [0.15, 0.2) is 11.5 Å². The summed E-state index contributed by atoms with van der Waals surface area (Å²) in [5.41, 5.74) is 1.35. The number of hydrogen-bond donors (Lipinski definition) is 2. The molecule has 6 nitrogen and oxygen atoms in total. The van der Waals surface area contributed by atoms with Crippen LogP contribution >= 0.6 is 0 Å². The van der Waals surface area contributed by atoms with Crippen LogP contribution in [0.25, 0.3) is 0 Å². The van der Waals surface area contributed by atoms with E-state index in [0.717, 1.165) is 5.69 Å². The van der Waals surface area contributed by atoms with Crippen molar-refractivity contribution < 1.29 is 14.3 Å². The van der Waals surface area contributed by atoms with Crippen molar-refractivity contribution in [1.82, 2.24) is 4.98 Å². The molecule has 2 heterocycles. The van der Waals surface area contributed by atoms with Crippen molar-refractivity contribution in [2.45, 2.75) is 26.3 Å². The van der Waals surface area contributed by atoms with Gasteiger partial charge < -0.3 is 20.1 Å². The molecule has 23 heavy (non-hydrogen) atoms. The fourth-order valence-electron chi connectivity index (χ4n) is 2.20. The summed E-state index contributed by atoms with van der Waals surface area (Å²) < 4.78 is 10.5. The first-order chi connectivity index (χ1) is 10.9. The molecule has 1 amide bonds. The summed E-state index contributed by atoms with van der Waals surface area (Å²) in [6.45, 7) is 6.40. The maximum Gasteiger partial charge on any atom is 0.256 e. The van der Waals surface area contributed by atoms with Crippen molar-refractivity contribution in [3.8, 4) is 11.5 Å². The third-order valence-corrected chi connectivity index (χ3v) is 3.16. The second-order valence-electron chi connectivity index (χ2n) is 6.33. The molecule has 0 radical (unpaired) electrons. The van der Waals surface area contributed by atoms with Crippen LogP contribution in [0.4, 0.5) is 11.5 Å². The fraction of sp³-hybridized carbons (Fsp3) is 0.294. The topological polar surface area (TPSA) is 72.5 Å². The molecule has 0 atom stereocenters. The van der Waals surface area contributed by atoms with E-state index in [0.29, 0.717) is 22.9 Å². The van der Waals surface area contributed by atoms with Gasteiger partial charge in [0, 0.05) is 11.1 Å². The molecule has 0 spiro atoms. The van der Waals surface area contributed by atoms with Crippen molar-refractivity contribution in [3.63, 3.8) is 0 Å². The van der Waals surface area contributed by atoms with Crippen LogP contribution in [-0.4, -0.2) is 23.2 Å². The van der Waals surface area contributed by atoms with Gasteiger partial charge in [-0.2, -0.15) is 0 Å². The van der Waals surface area contributed by atoms with Crippen LogP contribution in [0.15, 0.2) is 36.5 Å². The minimum atomic E-state index is -0.243. The van der Waals surface area contributed by atoms with Gasteiger partial charge in [0.25, 0.3) is 5.91 Å². The van der Waals surface area contributed by atoms with E-state index in [1.165, 1.54) is 0 Å². The lowest BCUT2D eigenvalue weighted by Gasteiger charge is -2.21. The van der Waals surface area contributed by atoms with Gasteiger partial charge in [0.05, 0.1) is 11.9 Å². The van der Waals surface area contributed by atoms with Crippen LogP contribution in [0.1, 0.15) is 31.1 Å². The number of aromatic nitrogens is 1. The monoisotopic (exact) mass is 313 g/mol. The Hall–Kier alpha value is -2.76. The molecule has 1 aromatic carbocycles. The molecule has 3 rings (SSSR count). The molecular weight excluding hydrogens is 294 g/mol. The Bertz CT molecular complexity index is 721. The van der Waals surface area contributed by atoms with E-state index >= 15 is 0 Å². The number of anilines is 2. The van der Waals surface area contributed by atoms with Crippen molar-refractivity contribution in [1.29, 1.82) is 0 Å². The first-order valence-electron chi connectivity index (χ1n) is 7.36. The third kappa shape index (κ3) is 3.71. The van der Waals surface area contributed by atoms with E-state index < -0.39 is 0 Å². The van der Waals surface area contributed by atoms with E-state index in [9.17, 15) is 4.79 Å². The summed E-state index contributed by atoms with van der Waals surface area (Å²) >= 11 is 0. The standard InChI is InChI=1S/C17H19N3O3/c1-17(2,3)20-12-5-7-15(18-9-12)19-16(21)11-4-6-13-14(8-11)23-10-22-13/h4-9,20H,10H2,1-3H3,(H,18,19,21). The summed E-state index contributed by atoms with van der Waals surface area (Å²) in [6.07, 6.45) is 1.69. The zero-order chi connectivity index (χ0) is 16.4. The maximum absolute atomic E-state index is 12.3. The summed E-state index contributed by atoms with van der Waals surface area (Å²) in [4.78, 5) is 16.5. The van der Waals surface area contributed by atoms with E-state index in [4.69, 9.17) is 9.47 Å². The highest BCUT2D eigenvalue weighted by Crippen LogP contribution is 2.32. The van der Waals surface area contributed by atoms with Crippen molar-refractivity contribution in [3.05, 3.63) is 42.1 Å². The van der Waals surface area contributed by atoms with Crippen LogP contribution in [0.5, 0.6) is 11.5 Å². The second-order valence-corrected chi connectivity index (χ2v) is 6.33. The van der Waals surface area contributed by atoms with Gasteiger partial charge in [-0.25, -0.2) is 4.98 Å². The van der Waals surface area contributed by atoms with Crippen LogP contribution in [-0.2, 0) is 0 Å². The molecule has 2 N–H and O–H groups in total. The first kappa shape index (κ1) is 15.1. The average molecular weight is 313 g/mol. The molecule has 0 saturated heterocycles. The molecule has 120 valence electrons. The number of fused-ring (bicyclic) bond motifs is 1. The van der Waals surface area contributed by atoms with Crippen molar-refractivity contribution >= 4 is 17.4 Å². The number of pyridine rings is 1. The SMILES string of the molecule is CC(C)(C)Nc1ccc(NC(=O)c2ccc3c(c2)OCO3)nc1. The lowest BCUT2D eigenvalue weighted by molar-refractivity contribution is 0.102. The Morgan fingerprint density at radius 1 is 1.13 bits per heavy atom. The van der Waals surface area contributed by atoms with Crippen LogP contribution in [0, 0.1) is 0 Å². The van der Waals surface area contributed by atoms with E-state index in [1.807, 2.05) is 6.07 Å². The van der Waals surface area contributed by atoms with Crippen LogP contribution < -0.4 is 20.1 Å². The highest BCUT2D eigenvalue weighted by atomic mass is 16.7. The number of amides is 1. The summed E-state index contributed by atoms with van der Waals surface area (Å²) in [7, 11) is 0. The smallest absolute Gasteiger partial charge is 0.256 e. The third-order valence-electron chi connectivity index (χ3n) is 3.16. The first-order valence-corrected chi connectivity index (χ1v) is 7.36. The average Bonchev–Trinajstić information content (AvgIpc) is 2.95. The Balaban J connectivity index is 1.68. The summed E-state index contributed by atoms with van der Waals surface area (Å²) in [5, 5.41) is 6.08. The predicted octanol–water partition coefficient (Wildman–Crippen LogP) is 3.27. The zero-order valence-corrected chi connectivity index (χ0v) is 13.3. The molecule has 1 aromatic heterocycles. The van der Waals surface area contributed by atoms with Gasteiger partial charge in [0.1, 0.15) is 5.82 Å². The number of rotatable bonds is 3. The molecule has 1 aliphatic rings. The Labute approximate surface area is 134 Å². The molecule has 6 heteroatoms. The van der Waals surface area contributed by atoms with Gasteiger partial charge in [0.2, 0.25) is 6.79 Å². The molecule has 2 aromatic rings. The molecular formula is C17H19N3O3. The second kappa shape index (κ2) is 5.79. The van der Waals surface area contributed by atoms with Crippen molar-refractivity contribution in [2.24, 2.45) is 0 Å². The van der Waals surface area contributed by atoms with Crippen LogP contribution in [0.3, 0.4) is 0 Å². The molecule has 0 saturated carbocycles. The van der Waals surface area contributed by atoms with E-state index in [1.54, 1.807) is 30.5 Å². The fourth-order valence-corrected chi connectivity index (χ4v) is 2.20. The van der Waals surface area contributed by atoms with E-state index in [-0.39, 0.29) is 18.2 Å².